The molecule has 6 nitrogen and oxygen atoms in total. The number of benzene rings is 2. The van der Waals surface area contributed by atoms with E-state index in [1.54, 1.807) is 0 Å². The van der Waals surface area contributed by atoms with Gasteiger partial charge >= 0.3 is 0 Å². The molecule has 1 saturated heterocycles. The second kappa shape index (κ2) is 11.4. The van der Waals surface area contributed by atoms with Crippen LogP contribution in [0.15, 0.2) is 48.5 Å². The Kier molecular flexibility index (Phi) is 8.09. The molecular formula is C28H37N3O3. The molecule has 4 rings (SSSR count). The molecule has 2 amide bonds. The van der Waals surface area contributed by atoms with Gasteiger partial charge in [0, 0.05) is 43.5 Å². The molecule has 6 heteroatoms. The van der Waals surface area contributed by atoms with Gasteiger partial charge in [-0.15, -0.1) is 0 Å². The number of carbonyl (C=O) groups is 2. The predicted octanol–water partition coefficient (Wildman–Crippen LogP) is 5.06. The van der Waals surface area contributed by atoms with Crippen molar-refractivity contribution < 1.29 is 14.3 Å². The van der Waals surface area contributed by atoms with Gasteiger partial charge in [-0.2, -0.15) is 0 Å². The second-order valence-electron chi connectivity index (χ2n) is 9.75. The van der Waals surface area contributed by atoms with Gasteiger partial charge in [0.05, 0.1) is 0 Å². The molecule has 2 aromatic rings. The van der Waals surface area contributed by atoms with Crippen molar-refractivity contribution in [2.75, 3.05) is 43.0 Å². The van der Waals surface area contributed by atoms with Gasteiger partial charge in [-0.3, -0.25) is 9.59 Å². The molecule has 2 fully saturated rings. The Balaban J connectivity index is 1.21. The summed E-state index contributed by atoms with van der Waals surface area (Å²) >= 11 is 0. The van der Waals surface area contributed by atoms with Crippen molar-refractivity contribution >= 4 is 23.2 Å². The Hall–Kier alpha value is -3.02. The van der Waals surface area contributed by atoms with Crippen LogP contribution >= 0.6 is 0 Å². The lowest BCUT2D eigenvalue weighted by Gasteiger charge is -2.37. The first-order valence-corrected chi connectivity index (χ1v) is 12.7. The minimum Gasteiger partial charge on any atom is -0.484 e. The topological polar surface area (TPSA) is 61.9 Å². The molecule has 0 atom stereocenters. The third kappa shape index (κ3) is 6.31. The van der Waals surface area contributed by atoms with Crippen LogP contribution in [0.2, 0.25) is 0 Å². The summed E-state index contributed by atoms with van der Waals surface area (Å²) < 4.78 is 5.69. The number of hydrogen-bond donors (Lipinski definition) is 1. The van der Waals surface area contributed by atoms with Gasteiger partial charge in [0.1, 0.15) is 5.75 Å². The predicted molar refractivity (Wildman–Crippen MR) is 136 cm³/mol. The molecule has 0 aromatic heterocycles. The van der Waals surface area contributed by atoms with Crippen LogP contribution in [0.4, 0.5) is 11.4 Å². The van der Waals surface area contributed by atoms with E-state index in [1.165, 1.54) is 37.7 Å². The summed E-state index contributed by atoms with van der Waals surface area (Å²) in [6.45, 7) is 7.00. The van der Waals surface area contributed by atoms with E-state index in [4.69, 9.17) is 4.74 Å². The average molecular weight is 464 g/mol. The normalized spacial score (nSPS) is 17.0. The molecule has 1 heterocycles. The van der Waals surface area contributed by atoms with Crippen molar-refractivity contribution in [1.29, 1.82) is 0 Å². The maximum absolute atomic E-state index is 12.4. The second-order valence-corrected chi connectivity index (χ2v) is 9.75. The Labute approximate surface area is 203 Å². The lowest BCUT2D eigenvalue weighted by atomic mass is 9.84. The number of nitrogens with zero attached hydrogens (tertiary/aromatic N) is 2. The maximum atomic E-state index is 12.4. The SMILES string of the molecule is CC(C)C(=O)N1CCN(c2ccc(NC(=O)COc3ccc(C4CCCCC4)cc3)cc2)CC1. The molecule has 1 N–H and O–H groups in total. The summed E-state index contributed by atoms with van der Waals surface area (Å²) in [6.07, 6.45) is 6.54. The summed E-state index contributed by atoms with van der Waals surface area (Å²) in [4.78, 5) is 28.7. The number of carbonyl (C=O) groups excluding carboxylic acids is 2. The zero-order valence-electron chi connectivity index (χ0n) is 20.5. The molecule has 34 heavy (non-hydrogen) atoms. The van der Waals surface area contributed by atoms with Crippen LogP contribution in [-0.4, -0.2) is 49.5 Å². The molecule has 0 unspecified atom stereocenters. The van der Waals surface area contributed by atoms with Crippen molar-refractivity contribution in [2.24, 2.45) is 5.92 Å². The molecular weight excluding hydrogens is 426 g/mol. The zero-order valence-corrected chi connectivity index (χ0v) is 20.5. The quantitative estimate of drug-likeness (QED) is 0.624. The minimum atomic E-state index is -0.176. The van der Waals surface area contributed by atoms with Crippen LogP contribution in [0, 0.1) is 5.92 Å². The van der Waals surface area contributed by atoms with Gasteiger partial charge in [0.25, 0.3) is 5.91 Å². The third-order valence-corrected chi connectivity index (χ3v) is 6.93. The highest BCUT2D eigenvalue weighted by molar-refractivity contribution is 5.92. The number of ether oxygens (including phenoxy) is 1. The highest BCUT2D eigenvalue weighted by atomic mass is 16.5. The molecule has 0 bridgehead atoms. The lowest BCUT2D eigenvalue weighted by Crippen LogP contribution is -2.49. The summed E-state index contributed by atoms with van der Waals surface area (Å²) in [5.74, 6) is 1.48. The van der Waals surface area contributed by atoms with Crippen LogP contribution in [0.3, 0.4) is 0 Å². The van der Waals surface area contributed by atoms with E-state index in [9.17, 15) is 9.59 Å². The summed E-state index contributed by atoms with van der Waals surface area (Å²) in [7, 11) is 0. The maximum Gasteiger partial charge on any atom is 0.262 e. The number of amides is 2. The number of nitrogens with one attached hydrogen (secondary N) is 1. The number of rotatable bonds is 7. The van der Waals surface area contributed by atoms with Crippen LogP contribution in [0.25, 0.3) is 0 Å². The van der Waals surface area contributed by atoms with E-state index in [0.717, 1.165) is 43.3 Å². The van der Waals surface area contributed by atoms with E-state index in [0.29, 0.717) is 5.92 Å². The molecule has 182 valence electrons. The van der Waals surface area contributed by atoms with Gasteiger partial charge < -0.3 is 19.9 Å². The first-order chi connectivity index (χ1) is 16.5. The molecule has 1 saturated carbocycles. The Morgan fingerprint density at radius 2 is 1.56 bits per heavy atom. The van der Waals surface area contributed by atoms with Crippen LogP contribution in [0.5, 0.6) is 5.75 Å². The van der Waals surface area contributed by atoms with E-state index in [2.05, 4.69) is 22.3 Å². The van der Waals surface area contributed by atoms with Gasteiger partial charge in [-0.1, -0.05) is 45.2 Å². The highest BCUT2D eigenvalue weighted by Crippen LogP contribution is 2.33. The van der Waals surface area contributed by atoms with Crippen molar-refractivity contribution in [2.45, 2.75) is 51.9 Å². The summed E-state index contributed by atoms with van der Waals surface area (Å²) in [6, 6.07) is 16.1. The van der Waals surface area contributed by atoms with Crippen LogP contribution < -0.4 is 15.0 Å². The van der Waals surface area contributed by atoms with Crippen molar-refractivity contribution in [1.82, 2.24) is 4.90 Å². The fraction of sp³-hybridized carbons (Fsp3) is 0.500. The summed E-state index contributed by atoms with van der Waals surface area (Å²) in [5, 5.41) is 2.90. The average Bonchev–Trinajstić information content (AvgIpc) is 2.88. The van der Waals surface area contributed by atoms with Gasteiger partial charge in [0.15, 0.2) is 6.61 Å². The zero-order chi connectivity index (χ0) is 23.9. The third-order valence-electron chi connectivity index (χ3n) is 6.93. The fourth-order valence-electron chi connectivity index (χ4n) is 4.92. The van der Waals surface area contributed by atoms with E-state index in [1.807, 2.05) is 55.1 Å². The largest absolute Gasteiger partial charge is 0.484 e. The first kappa shape index (κ1) is 24.1. The number of piperazine rings is 1. The van der Waals surface area contributed by atoms with E-state index < -0.39 is 0 Å². The van der Waals surface area contributed by atoms with Gasteiger partial charge in [0.2, 0.25) is 5.91 Å². The summed E-state index contributed by atoms with van der Waals surface area (Å²) in [5.41, 5.74) is 3.23. The Bertz CT molecular complexity index is 942. The molecule has 2 aliphatic rings. The first-order valence-electron chi connectivity index (χ1n) is 12.7. The number of hydrogen-bond acceptors (Lipinski definition) is 4. The van der Waals surface area contributed by atoms with E-state index >= 15 is 0 Å². The molecule has 2 aromatic carbocycles. The lowest BCUT2D eigenvalue weighted by molar-refractivity contribution is -0.134. The number of anilines is 2. The van der Waals surface area contributed by atoms with Crippen molar-refractivity contribution in [3.05, 3.63) is 54.1 Å². The molecule has 0 spiro atoms. The highest BCUT2D eigenvalue weighted by Gasteiger charge is 2.23. The van der Waals surface area contributed by atoms with E-state index in [-0.39, 0.29) is 24.3 Å². The molecule has 1 aliphatic carbocycles. The monoisotopic (exact) mass is 463 g/mol. The molecule has 1 aliphatic heterocycles. The standard InChI is InChI=1S/C28H37N3O3/c1-21(2)28(33)31-18-16-30(17-19-31)25-12-10-24(11-13-25)29-27(32)20-34-26-14-8-23(9-15-26)22-6-4-3-5-7-22/h8-15,21-22H,3-7,16-20H2,1-2H3,(H,29,32). The van der Waals surface area contributed by atoms with Crippen LogP contribution in [0.1, 0.15) is 57.4 Å². The smallest absolute Gasteiger partial charge is 0.262 e. The Morgan fingerprint density at radius 3 is 2.18 bits per heavy atom. The molecule has 0 radical (unpaired) electrons. The van der Waals surface area contributed by atoms with Gasteiger partial charge in [-0.05, 0) is 60.7 Å². The fourth-order valence-corrected chi connectivity index (χ4v) is 4.92. The van der Waals surface area contributed by atoms with Crippen molar-refractivity contribution in [3.8, 4) is 5.75 Å². The van der Waals surface area contributed by atoms with Crippen LogP contribution in [-0.2, 0) is 9.59 Å². The van der Waals surface area contributed by atoms with Crippen molar-refractivity contribution in [3.63, 3.8) is 0 Å². The van der Waals surface area contributed by atoms with Gasteiger partial charge in [-0.25, -0.2) is 0 Å². The minimum absolute atomic E-state index is 0.0175. The Morgan fingerprint density at radius 1 is 0.912 bits per heavy atom.